The number of alkyl carbamates (subject to hydrolysis) is 1. The van der Waals surface area contributed by atoms with Gasteiger partial charge < -0.3 is 26.0 Å². The number of nitrogen functional groups attached to an aromatic ring is 1. The molecule has 1 aromatic carbocycles. The van der Waals surface area contributed by atoms with Crippen molar-refractivity contribution in [3.05, 3.63) is 52.9 Å². The molecule has 0 fully saturated rings. The van der Waals surface area contributed by atoms with Crippen LogP contribution in [0.4, 0.5) is 10.6 Å². The first-order valence-corrected chi connectivity index (χ1v) is 7.43. The zero-order chi connectivity index (χ0) is 17.5. The van der Waals surface area contributed by atoms with E-state index in [1.807, 2.05) is 30.3 Å². The van der Waals surface area contributed by atoms with Gasteiger partial charge in [-0.25, -0.2) is 9.78 Å². The van der Waals surface area contributed by atoms with Crippen molar-refractivity contribution in [2.24, 2.45) is 0 Å². The number of carbonyl (C=O) groups is 1. The van der Waals surface area contributed by atoms with E-state index >= 15 is 0 Å². The number of amides is 1. The Kier molecular flexibility index (Phi) is 6.30. The average molecular weight is 353 g/mol. The predicted octanol–water partition coefficient (Wildman–Crippen LogP) is 1.03. The molecule has 0 aliphatic rings. The lowest BCUT2D eigenvalue weighted by atomic mass is 10.1. The number of anilines is 1. The Labute approximate surface area is 143 Å². The molecule has 2 rings (SSSR count). The number of rotatable bonds is 6. The van der Waals surface area contributed by atoms with Crippen LogP contribution in [0, 0.1) is 0 Å². The zero-order valence-electron chi connectivity index (χ0n) is 12.6. The molecule has 0 aliphatic heterocycles. The van der Waals surface area contributed by atoms with Crippen molar-refractivity contribution in [3.8, 4) is 0 Å². The topological polar surface area (TPSA) is 131 Å². The van der Waals surface area contributed by atoms with Crippen molar-refractivity contribution in [2.45, 2.75) is 18.8 Å². The number of hydrogen-bond acceptors (Lipinski definition) is 7. The zero-order valence-corrected chi connectivity index (χ0v) is 13.3. The molecule has 0 saturated carbocycles. The quantitative estimate of drug-likeness (QED) is 0.610. The minimum atomic E-state index is -1.43. The van der Waals surface area contributed by atoms with Crippen molar-refractivity contribution in [2.75, 3.05) is 12.3 Å². The van der Waals surface area contributed by atoms with Crippen LogP contribution in [0.1, 0.15) is 17.4 Å². The number of benzene rings is 1. The second-order valence-electron chi connectivity index (χ2n) is 4.93. The maximum Gasteiger partial charge on any atom is 0.407 e. The molecule has 0 radical (unpaired) electrons. The number of aromatic nitrogens is 2. The van der Waals surface area contributed by atoms with Gasteiger partial charge in [-0.15, -0.1) is 0 Å². The lowest BCUT2D eigenvalue weighted by Crippen LogP contribution is -2.36. The summed E-state index contributed by atoms with van der Waals surface area (Å²) in [6.45, 7) is -0.155. The van der Waals surface area contributed by atoms with Crippen LogP contribution in [0.5, 0.6) is 0 Å². The van der Waals surface area contributed by atoms with Gasteiger partial charge in [0.2, 0.25) is 0 Å². The van der Waals surface area contributed by atoms with Gasteiger partial charge in [-0.1, -0.05) is 41.9 Å². The molecule has 8 nitrogen and oxygen atoms in total. The standard InChI is InChI=1S/C15H17ClN4O4/c16-14-12(18-7-11(17)20-14)13(22)10(21)6-19-15(23)24-8-9-4-2-1-3-5-9/h1-5,7,10,13,21-22H,6,8H2,(H2,17,20)(H,19,23). The highest BCUT2D eigenvalue weighted by Crippen LogP contribution is 2.22. The molecule has 2 aromatic rings. The Hall–Kier alpha value is -2.42. The van der Waals surface area contributed by atoms with Crippen LogP contribution in [-0.4, -0.2) is 38.9 Å². The van der Waals surface area contributed by atoms with Gasteiger partial charge in [-0.2, -0.15) is 0 Å². The first-order valence-electron chi connectivity index (χ1n) is 7.06. The molecule has 0 spiro atoms. The number of nitrogens with two attached hydrogens (primary N) is 1. The van der Waals surface area contributed by atoms with Gasteiger partial charge in [-0.05, 0) is 5.56 Å². The Morgan fingerprint density at radius 3 is 2.71 bits per heavy atom. The van der Waals surface area contributed by atoms with Gasteiger partial charge in [0, 0.05) is 6.54 Å². The molecule has 0 aliphatic carbocycles. The van der Waals surface area contributed by atoms with Crippen LogP contribution in [0.15, 0.2) is 36.5 Å². The van der Waals surface area contributed by atoms with Crippen LogP contribution in [0.2, 0.25) is 5.15 Å². The molecule has 0 bridgehead atoms. The summed E-state index contributed by atoms with van der Waals surface area (Å²) < 4.78 is 4.99. The number of carbonyl (C=O) groups excluding carboxylic acids is 1. The minimum absolute atomic E-state index is 0.0298. The summed E-state index contributed by atoms with van der Waals surface area (Å²) in [4.78, 5) is 19.2. The van der Waals surface area contributed by atoms with Gasteiger partial charge in [0.15, 0.2) is 5.15 Å². The molecule has 1 amide bonds. The normalized spacial score (nSPS) is 13.1. The molecule has 1 aromatic heterocycles. The van der Waals surface area contributed by atoms with Crippen molar-refractivity contribution < 1.29 is 19.7 Å². The maximum absolute atomic E-state index is 11.6. The summed E-state index contributed by atoms with van der Waals surface area (Å²) in [5.74, 6) is 0.0908. The largest absolute Gasteiger partial charge is 0.445 e. The van der Waals surface area contributed by atoms with Gasteiger partial charge in [0.25, 0.3) is 0 Å². The summed E-state index contributed by atoms with van der Waals surface area (Å²) in [6, 6.07) is 9.13. The third-order valence-corrected chi connectivity index (χ3v) is 3.37. The fourth-order valence-electron chi connectivity index (χ4n) is 1.84. The van der Waals surface area contributed by atoms with E-state index in [1.54, 1.807) is 0 Å². The molecule has 2 unspecified atom stereocenters. The van der Waals surface area contributed by atoms with Crippen LogP contribution in [0.25, 0.3) is 0 Å². The Balaban J connectivity index is 1.81. The number of ether oxygens (including phenoxy) is 1. The van der Waals surface area contributed by atoms with Gasteiger partial charge in [0.1, 0.15) is 30.3 Å². The molecule has 24 heavy (non-hydrogen) atoms. The van der Waals surface area contributed by atoms with Crippen LogP contribution in [0.3, 0.4) is 0 Å². The van der Waals surface area contributed by atoms with Gasteiger partial charge in [0.05, 0.1) is 6.20 Å². The summed E-state index contributed by atoms with van der Waals surface area (Å²) in [7, 11) is 0. The van der Waals surface area contributed by atoms with Crippen LogP contribution >= 0.6 is 11.6 Å². The highest BCUT2D eigenvalue weighted by atomic mass is 35.5. The highest BCUT2D eigenvalue weighted by molar-refractivity contribution is 6.30. The Morgan fingerprint density at radius 2 is 2.04 bits per heavy atom. The van der Waals surface area contributed by atoms with E-state index in [9.17, 15) is 15.0 Å². The molecule has 2 atom stereocenters. The lowest BCUT2D eigenvalue weighted by molar-refractivity contribution is 0.0158. The van der Waals surface area contributed by atoms with Crippen molar-refractivity contribution >= 4 is 23.5 Å². The monoisotopic (exact) mass is 352 g/mol. The molecule has 1 heterocycles. The lowest BCUT2D eigenvalue weighted by Gasteiger charge is -2.18. The van der Waals surface area contributed by atoms with Crippen LogP contribution < -0.4 is 11.1 Å². The van der Waals surface area contributed by atoms with E-state index in [1.165, 1.54) is 6.20 Å². The number of nitrogens with zero attached hydrogens (tertiary/aromatic N) is 2. The average Bonchev–Trinajstić information content (AvgIpc) is 2.58. The Morgan fingerprint density at radius 1 is 1.33 bits per heavy atom. The van der Waals surface area contributed by atoms with Crippen LogP contribution in [-0.2, 0) is 11.3 Å². The summed E-state index contributed by atoms with van der Waals surface area (Å²) in [6.07, 6.45) is -2.29. The number of aliphatic hydroxyl groups excluding tert-OH is 2. The third kappa shape index (κ3) is 5.05. The third-order valence-electron chi connectivity index (χ3n) is 3.09. The number of nitrogens with one attached hydrogen (secondary N) is 1. The number of hydrogen-bond donors (Lipinski definition) is 4. The smallest absolute Gasteiger partial charge is 0.407 e. The van der Waals surface area contributed by atoms with E-state index < -0.39 is 18.3 Å². The van der Waals surface area contributed by atoms with Gasteiger partial charge in [-0.3, -0.25) is 4.98 Å². The Bertz CT molecular complexity index is 686. The van der Waals surface area contributed by atoms with E-state index in [0.29, 0.717) is 0 Å². The van der Waals surface area contributed by atoms with Crippen molar-refractivity contribution in [1.29, 1.82) is 0 Å². The van der Waals surface area contributed by atoms with Gasteiger partial charge >= 0.3 is 6.09 Å². The first-order chi connectivity index (χ1) is 11.5. The molecular weight excluding hydrogens is 336 g/mol. The highest BCUT2D eigenvalue weighted by Gasteiger charge is 2.23. The molecule has 128 valence electrons. The molecule has 0 saturated heterocycles. The predicted molar refractivity (Wildman–Crippen MR) is 87.1 cm³/mol. The first kappa shape index (κ1) is 17.9. The molecular formula is C15H17ClN4O4. The summed E-state index contributed by atoms with van der Waals surface area (Å²) in [5.41, 5.74) is 6.21. The fourth-order valence-corrected chi connectivity index (χ4v) is 2.10. The maximum atomic E-state index is 11.6. The number of halogens is 1. The second-order valence-corrected chi connectivity index (χ2v) is 5.28. The minimum Gasteiger partial charge on any atom is -0.445 e. The van der Waals surface area contributed by atoms with E-state index in [4.69, 9.17) is 22.1 Å². The van der Waals surface area contributed by atoms with E-state index in [2.05, 4.69) is 15.3 Å². The summed E-state index contributed by atoms with van der Waals surface area (Å²) in [5, 5.41) is 22.2. The summed E-state index contributed by atoms with van der Waals surface area (Å²) >= 11 is 5.81. The fraction of sp³-hybridized carbons (Fsp3) is 0.267. The van der Waals surface area contributed by atoms with Crippen molar-refractivity contribution in [1.82, 2.24) is 15.3 Å². The molecule has 9 heteroatoms. The van der Waals surface area contributed by atoms with Crippen molar-refractivity contribution in [3.63, 3.8) is 0 Å². The second kappa shape index (κ2) is 8.44. The SMILES string of the molecule is Nc1cnc(C(O)C(O)CNC(=O)OCc2ccccc2)c(Cl)n1. The molecule has 5 N–H and O–H groups in total. The van der Waals surface area contributed by atoms with E-state index in [0.717, 1.165) is 5.56 Å². The van der Waals surface area contributed by atoms with E-state index in [-0.39, 0.29) is 29.8 Å². The number of aliphatic hydroxyl groups is 2.